The van der Waals surface area contributed by atoms with Gasteiger partial charge < -0.3 is 15.4 Å². The number of methoxy groups -OCH3 is 1. The molecule has 1 aliphatic heterocycles. The summed E-state index contributed by atoms with van der Waals surface area (Å²) in [6.45, 7) is 3.90. The topological polar surface area (TPSA) is 81.1 Å². The van der Waals surface area contributed by atoms with Crippen molar-refractivity contribution in [2.24, 2.45) is 0 Å². The van der Waals surface area contributed by atoms with Crippen LogP contribution in [0.1, 0.15) is 29.7 Å². The molecule has 4 aromatic rings. The van der Waals surface area contributed by atoms with Gasteiger partial charge in [-0.25, -0.2) is 4.68 Å². The third-order valence-corrected chi connectivity index (χ3v) is 8.06. The second-order valence-corrected chi connectivity index (χ2v) is 10.7. The summed E-state index contributed by atoms with van der Waals surface area (Å²) >= 11 is 3.23. The summed E-state index contributed by atoms with van der Waals surface area (Å²) in [6.07, 6.45) is 2.05. The van der Waals surface area contributed by atoms with Crippen molar-refractivity contribution in [3.63, 3.8) is 0 Å². The molecule has 0 spiro atoms. The molecule has 3 aromatic carbocycles. The van der Waals surface area contributed by atoms with Crippen molar-refractivity contribution in [2.75, 3.05) is 24.0 Å². The van der Waals surface area contributed by atoms with Crippen LogP contribution in [-0.4, -0.2) is 34.0 Å². The molecule has 0 saturated heterocycles. The number of benzene rings is 3. The summed E-state index contributed by atoms with van der Waals surface area (Å²) in [5, 5.41) is 11.9. The number of para-hydroxylation sites is 1. The normalized spacial score (nSPS) is 14.6. The van der Waals surface area contributed by atoms with Gasteiger partial charge >= 0.3 is 0 Å². The molecule has 0 bridgehead atoms. The van der Waals surface area contributed by atoms with Crippen LogP contribution in [0.3, 0.4) is 0 Å². The second kappa shape index (κ2) is 11.4. The Balaban J connectivity index is 1.48. The Morgan fingerprint density at radius 1 is 1.08 bits per heavy atom. The van der Waals surface area contributed by atoms with Gasteiger partial charge in [-0.2, -0.15) is 4.98 Å². The summed E-state index contributed by atoms with van der Waals surface area (Å²) in [7, 11) is 1.66. The molecule has 0 saturated carbocycles. The van der Waals surface area contributed by atoms with Gasteiger partial charge in [0.1, 0.15) is 11.8 Å². The second-order valence-electron chi connectivity index (χ2n) is 8.91. The maximum atomic E-state index is 13.7. The van der Waals surface area contributed by atoms with E-state index in [1.165, 1.54) is 0 Å². The molecule has 5 rings (SSSR count). The minimum Gasteiger partial charge on any atom is -0.497 e. The Labute approximate surface area is 231 Å². The lowest BCUT2D eigenvalue weighted by molar-refractivity contribution is -0.113. The molecule has 0 radical (unpaired) electrons. The number of hydrogen-bond donors (Lipinski definition) is 2. The molecule has 7 nitrogen and oxygen atoms in total. The number of rotatable bonds is 8. The van der Waals surface area contributed by atoms with Gasteiger partial charge in [0, 0.05) is 22.0 Å². The number of nitrogens with zero attached hydrogens (tertiary/aromatic N) is 3. The maximum absolute atomic E-state index is 13.7. The van der Waals surface area contributed by atoms with Gasteiger partial charge in [0.15, 0.2) is 0 Å². The summed E-state index contributed by atoms with van der Waals surface area (Å²) in [5.41, 5.74) is 5.22. The Morgan fingerprint density at radius 2 is 1.87 bits per heavy atom. The monoisotopic (exact) mass is 543 g/mol. The number of ether oxygens (including phenoxy) is 1. The van der Waals surface area contributed by atoms with Crippen molar-refractivity contribution >= 4 is 41.1 Å². The number of thioether (sulfide) groups is 2. The summed E-state index contributed by atoms with van der Waals surface area (Å²) in [5.74, 6) is 1.96. The van der Waals surface area contributed by atoms with Crippen LogP contribution in [-0.2, 0) is 10.5 Å². The molecule has 194 valence electrons. The minimum absolute atomic E-state index is 0.171. The molecule has 9 heteroatoms. The van der Waals surface area contributed by atoms with Crippen molar-refractivity contribution in [1.82, 2.24) is 14.8 Å². The molecule has 1 aromatic heterocycles. The average Bonchev–Trinajstić information content (AvgIpc) is 3.35. The first-order valence-corrected chi connectivity index (χ1v) is 14.4. The summed E-state index contributed by atoms with van der Waals surface area (Å²) in [6, 6.07) is 23.6. The van der Waals surface area contributed by atoms with E-state index < -0.39 is 6.04 Å². The van der Waals surface area contributed by atoms with Crippen LogP contribution >= 0.6 is 23.5 Å². The fraction of sp³-hybridized carbons (Fsp3) is 0.207. The summed E-state index contributed by atoms with van der Waals surface area (Å²) < 4.78 is 7.17. The van der Waals surface area contributed by atoms with E-state index in [0.29, 0.717) is 22.4 Å². The number of aryl methyl sites for hydroxylation is 1. The molecule has 0 aliphatic carbocycles. The zero-order valence-corrected chi connectivity index (χ0v) is 23.3. The van der Waals surface area contributed by atoms with Crippen molar-refractivity contribution in [3.05, 3.63) is 101 Å². The number of fused-ring (bicyclic) bond motifs is 1. The van der Waals surface area contributed by atoms with Crippen molar-refractivity contribution in [3.8, 4) is 5.75 Å². The SMILES string of the molecule is COc1cccc(CSc2nc3n(n2)[C@H](c2ccc(SC)cc2)C(C(=O)Nc2ccccc2C)=C(C)N3)c1. The Bertz CT molecular complexity index is 1500. The van der Waals surface area contributed by atoms with Crippen LogP contribution < -0.4 is 15.4 Å². The van der Waals surface area contributed by atoms with E-state index in [-0.39, 0.29) is 5.91 Å². The predicted octanol–water partition coefficient (Wildman–Crippen LogP) is 6.54. The van der Waals surface area contributed by atoms with Crippen LogP contribution in [0.2, 0.25) is 0 Å². The van der Waals surface area contributed by atoms with Crippen LogP contribution in [0.4, 0.5) is 11.6 Å². The van der Waals surface area contributed by atoms with Gasteiger partial charge in [0.05, 0.1) is 12.7 Å². The van der Waals surface area contributed by atoms with Gasteiger partial charge in [0.25, 0.3) is 5.91 Å². The van der Waals surface area contributed by atoms with Gasteiger partial charge in [-0.15, -0.1) is 16.9 Å². The van der Waals surface area contributed by atoms with E-state index in [2.05, 4.69) is 41.0 Å². The van der Waals surface area contributed by atoms with Gasteiger partial charge in [0.2, 0.25) is 11.1 Å². The van der Waals surface area contributed by atoms with E-state index in [4.69, 9.17) is 14.8 Å². The highest BCUT2D eigenvalue weighted by molar-refractivity contribution is 7.98. The first-order chi connectivity index (χ1) is 18.5. The van der Waals surface area contributed by atoms with E-state index >= 15 is 0 Å². The number of anilines is 2. The molecule has 38 heavy (non-hydrogen) atoms. The highest BCUT2D eigenvalue weighted by Gasteiger charge is 2.34. The molecule has 2 heterocycles. The molecular formula is C29H29N5O2S2. The molecular weight excluding hydrogens is 514 g/mol. The highest BCUT2D eigenvalue weighted by atomic mass is 32.2. The highest BCUT2D eigenvalue weighted by Crippen LogP contribution is 2.37. The van der Waals surface area contributed by atoms with Crippen LogP contribution in [0.15, 0.2) is 94.1 Å². The number of aromatic nitrogens is 3. The third kappa shape index (κ3) is 5.44. The number of amides is 1. The largest absolute Gasteiger partial charge is 0.497 e. The van der Waals surface area contributed by atoms with Crippen LogP contribution in [0.25, 0.3) is 0 Å². The Hall–Kier alpha value is -3.69. The smallest absolute Gasteiger partial charge is 0.255 e. The number of allylic oxidation sites excluding steroid dienone is 1. The third-order valence-electron chi connectivity index (χ3n) is 6.40. The van der Waals surface area contributed by atoms with Gasteiger partial charge in [-0.3, -0.25) is 4.79 Å². The van der Waals surface area contributed by atoms with Gasteiger partial charge in [-0.05, 0) is 67.1 Å². The lowest BCUT2D eigenvalue weighted by Gasteiger charge is -2.29. The molecule has 1 atom stereocenters. The molecule has 1 aliphatic rings. The standard InChI is InChI=1S/C29H29N5O2S2/c1-18-8-5-6-11-24(18)31-27(35)25-19(2)30-28-32-29(38-17-20-9-7-10-22(16-20)36-3)33-34(28)26(25)21-12-14-23(37-4)15-13-21/h5-16,26H,17H2,1-4H3,(H,31,35)(H,30,32,33)/t26-/m1/s1. The number of nitrogens with one attached hydrogen (secondary N) is 2. The first kappa shape index (κ1) is 25.9. The maximum Gasteiger partial charge on any atom is 0.255 e. The van der Waals surface area contributed by atoms with Crippen molar-refractivity contribution in [2.45, 2.75) is 35.7 Å². The lowest BCUT2D eigenvalue weighted by Crippen LogP contribution is -2.31. The molecule has 2 N–H and O–H groups in total. The van der Waals surface area contributed by atoms with E-state index in [1.807, 2.05) is 67.2 Å². The fourth-order valence-electron chi connectivity index (χ4n) is 4.39. The minimum atomic E-state index is -0.426. The predicted molar refractivity (Wildman–Crippen MR) is 155 cm³/mol. The summed E-state index contributed by atoms with van der Waals surface area (Å²) in [4.78, 5) is 19.7. The molecule has 0 fully saturated rings. The first-order valence-electron chi connectivity index (χ1n) is 12.2. The van der Waals surface area contributed by atoms with E-state index in [0.717, 1.165) is 38.7 Å². The Kier molecular flexibility index (Phi) is 7.76. The van der Waals surface area contributed by atoms with Crippen LogP contribution in [0.5, 0.6) is 5.75 Å². The zero-order valence-electron chi connectivity index (χ0n) is 21.7. The molecule has 1 amide bonds. The average molecular weight is 544 g/mol. The zero-order chi connectivity index (χ0) is 26.6. The van der Waals surface area contributed by atoms with Crippen LogP contribution in [0, 0.1) is 6.92 Å². The van der Waals surface area contributed by atoms with Crippen molar-refractivity contribution < 1.29 is 9.53 Å². The fourth-order valence-corrected chi connectivity index (χ4v) is 5.57. The van der Waals surface area contributed by atoms with Crippen molar-refractivity contribution in [1.29, 1.82) is 0 Å². The number of hydrogen-bond acceptors (Lipinski definition) is 7. The van der Waals surface area contributed by atoms with Gasteiger partial charge in [-0.1, -0.05) is 54.2 Å². The number of carbonyl (C=O) groups is 1. The van der Waals surface area contributed by atoms with E-state index in [9.17, 15) is 4.79 Å². The molecule has 0 unspecified atom stereocenters. The quantitative estimate of drug-likeness (QED) is 0.244. The Morgan fingerprint density at radius 3 is 2.61 bits per heavy atom. The number of carbonyl (C=O) groups excluding carboxylic acids is 1. The van der Waals surface area contributed by atoms with E-state index in [1.54, 1.807) is 30.6 Å². The lowest BCUT2D eigenvalue weighted by atomic mass is 9.95.